The van der Waals surface area contributed by atoms with E-state index in [2.05, 4.69) is 34.2 Å². The lowest BCUT2D eigenvalue weighted by Gasteiger charge is -2.37. The fourth-order valence-corrected chi connectivity index (χ4v) is 4.99. The van der Waals surface area contributed by atoms with Gasteiger partial charge < -0.3 is 15.0 Å². The maximum Gasteiger partial charge on any atom is 0.326 e. The Hall–Kier alpha value is -2.28. The van der Waals surface area contributed by atoms with Gasteiger partial charge in [0.15, 0.2) is 0 Å². The monoisotopic (exact) mass is 400 g/mol. The summed E-state index contributed by atoms with van der Waals surface area (Å²) >= 11 is 0. The minimum Gasteiger partial charge on any atom is -0.497 e. The summed E-state index contributed by atoms with van der Waals surface area (Å²) in [5.41, 5.74) is 0.508. The van der Waals surface area contributed by atoms with Crippen molar-refractivity contribution in [1.29, 1.82) is 0 Å². The number of hydrogen-bond acceptors (Lipinski definition) is 5. The maximum absolute atomic E-state index is 13.2. The van der Waals surface area contributed by atoms with Crippen molar-refractivity contribution in [3.8, 4) is 5.75 Å². The van der Waals surface area contributed by atoms with Gasteiger partial charge >= 0.3 is 6.03 Å². The molecule has 2 saturated heterocycles. The van der Waals surface area contributed by atoms with Crippen LogP contribution in [0.3, 0.4) is 0 Å². The zero-order valence-electron chi connectivity index (χ0n) is 17.5. The van der Waals surface area contributed by atoms with Crippen LogP contribution >= 0.6 is 0 Å². The van der Waals surface area contributed by atoms with Gasteiger partial charge in [0.1, 0.15) is 11.3 Å². The number of carbonyl (C=O) groups excluding carboxylic acids is 2. The number of anilines is 1. The highest BCUT2D eigenvalue weighted by atomic mass is 16.5. The van der Waals surface area contributed by atoms with Gasteiger partial charge in [-0.15, -0.1) is 0 Å². The molecule has 3 fully saturated rings. The summed E-state index contributed by atoms with van der Waals surface area (Å²) in [4.78, 5) is 31.9. The van der Waals surface area contributed by atoms with Crippen LogP contribution in [0.15, 0.2) is 24.3 Å². The van der Waals surface area contributed by atoms with E-state index in [4.69, 9.17) is 4.74 Å². The Bertz CT molecular complexity index is 753. The topological polar surface area (TPSA) is 65.1 Å². The van der Waals surface area contributed by atoms with Crippen molar-refractivity contribution in [1.82, 2.24) is 15.1 Å². The molecule has 1 N–H and O–H groups in total. The van der Waals surface area contributed by atoms with Gasteiger partial charge in [-0.2, -0.15) is 0 Å². The van der Waals surface area contributed by atoms with Crippen LogP contribution in [0.4, 0.5) is 10.5 Å². The molecule has 3 amide bonds. The molecule has 158 valence electrons. The van der Waals surface area contributed by atoms with E-state index in [9.17, 15) is 9.59 Å². The Morgan fingerprint density at radius 1 is 1.07 bits per heavy atom. The lowest BCUT2D eigenvalue weighted by molar-refractivity contribution is -0.135. The summed E-state index contributed by atoms with van der Waals surface area (Å²) in [6.45, 7) is 6.02. The number of nitrogens with one attached hydrogen (secondary N) is 1. The van der Waals surface area contributed by atoms with Crippen LogP contribution in [0, 0.1) is 5.92 Å². The molecule has 7 heteroatoms. The number of ether oxygens (including phenoxy) is 1. The van der Waals surface area contributed by atoms with Crippen LogP contribution in [-0.4, -0.2) is 67.2 Å². The Labute approximate surface area is 173 Å². The maximum atomic E-state index is 13.2. The van der Waals surface area contributed by atoms with Gasteiger partial charge in [-0.3, -0.25) is 9.69 Å². The van der Waals surface area contributed by atoms with Gasteiger partial charge in [-0.25, -0.2) is 9.69 Å². The highest BCUT2D eigenvalue weighted by Gasteiger charge is 2.55. The molecular formula is C22H32N4O3. The summed E-state index contributed by atoms with van der Waals surface area (Å²) in [5, 5.41) is 3.06. The van der Waals surface area contributed by atoms with E-state index in [1.54, 1.807) is 7.11 Å². The van der Waals surface area contributed by atoms with Crippen LogP contribution < -0.4 is 15.0 Å². The van der Waals surface area contributed by atoms with Gasteiger partial charge in [0.2, 0.25) is 0 Å². The number of carbonyl (C=O) groups is 2. The first-order valence-electron chi connectivity index (χ1n) is 10.8. The van der Waals surface area contributed by atoms with Crippen LogP contribution in [-0.2, 0) is 4.79 Å². The zero-order valence-corrected chi connectivity index (χ0v) is 17.5. The predicted molar refractivity (Wildman–Crippen MR) is 112 cm³/mol. The van der Waals surface area contributed by atoms with Crippen molar-refractivity contribution in [2.24, 2.45) is 5.92 Å². The predicted octanol–water partition coefficient (Wildman–Crippen LogP) is 2.67. The van der Waals surface area contributed by atoms with Gasteiger partial charge in [-0.05, 0) is 49.4 Å². The molecule has 0 radical (unpaired) electrons. The van der Waals surface area contributed by atoms with Crippen LogP contribution in [0.25, 0.3) is 0 Å². The van der Waals surface area contributed by atoms with E-state index in [0.717, 1.165) is 64.0 Å². The lowest BCUT2D eigenvalue weighted by Crippen LogP contribution is -2.54. The van der Waals surface area contributed by atoms with Crippen LogP contribution in [0.5, 0.6) is 5.75 Å². The summed E-state index contributed by atoms with van der Waals surface area (Å²) < 4.78 is 5.25. The normalized spacial score (nSPS) is 28.6. The summed E-state index contributed by atoms with van der Waals surface area (Å²) in [5.74, 6) is 1.04. The first-order valence-corrected chi connectivity index (χ1v) is 10.8. The number of nitrogens with zero attached hydrogens (tertiary/aromatic N) is 3. The number of hydrogen-bond donors (Lipinski definition) is 1. The SMILES string of the molecule is COc1ccc(N2CCCN(CN3C(=O)N[C@]4(CCCC[C@@H]4C)C3=O)CC2)cc1. The van der Waals surface area contributed by atoms with Crippen molar-refractivity contribution in [3.05, 3.63) is 24.3 Å². The van der Waals surface area contributed by atoms with E-state index < -0.39 is 5.54 Å². The third-order valence-corrected chi connectivity index (χ3v) is 6.87. The van der Waals surface area contributed by atoms with E-state index in [0.29, 0.717) is 6.67 Å². The molecule has 1 aliphatic carbocycles. The molecule has 2 heterocycles. The second kappa shape index (κ2) is 8.22. The summed E-state index contributed by atoms with van der Waals surface area (Å²) in [6.07, 6.45) is 4.90. The molecule has 3 aliphatic rings. The van der Waals surface area contributed by atoms with Crippen molar-refractivity contribution < 1.29 is 14.3 Å². The number of imide groups is 1. The second-order valence-corrected chi connectivity index (χ2v) is 8.58. The molecule has 0 aromatic heterocycles. The molecule has 2 aliphatic heterocycles. The summed E-state index contributed by atoms with van der Waals surface area (Å²) in [7, 11) is 1.67. The summed E-state index contributed by atoms with van der Waals surface area (Å²) in [6, 6.07) is 7.91. The highest BCUT2D eigenvalue weighted by molar-refractivity contribution is 6.07. The van der Waals surface area contributed by atoms with Crippen LogP contribution in [0.2, 0.25) is 0 Å². The van der Waals surface area contributed by atoms with E-state index in [1.807, 2.05) is 12.1 Å². The minimum absolute atomic E-state index is 0.0223. The van der Waals surface area contributed by atoms with E-state index in [-0.39, 0.29) is 17.9 Å². The zero-order chi connectivity index (χ0) is 20.4. The third-order valence-electron chi connectivity index (χ3n) is 6.87. The Kier molecular flexibility index (Phi) is 5.67. The number of benzene rings is 1. The quantitative estimate of drug-likeness (QED) is 0.788. The number of urea groups is 1. The van der Waals surface area contributed by atoms with Crippen molar-refractivity contribution in [2.45, 2.75) is 44.6 Å². The molecule has 1 saturated carbocycles. The molecule has 2 atom stereocenters. The van der Waals surface area contributed by atoms with Crippen molar-refractivity contribution >= 4 is 17.6 Å². The van der Waals surface area contributed by atoms with Crippen LogP contribution in [0.1, 0.15) is 39.0 Å². The third kappa shape index (κ3) is 3.80. The average Bonchev–Trinajstić information content (AvgIpc) is 2.89. The van der Waals surface area contributed by atoms with Crippen molar-refractivity contribution in [2.75, 3.05) is 44.9 Å². The highest BCUT2D eigenvalue weighted by Crippen LogP contribution is 2.38. The Balaban J connectivity index is 1.38. The average molecular weight is 401 g/mol. The molecule has 7 nitrogen and oxygen atoms in total. The lowest BCUT2D eigenvalue weighted by atomic mass is 9.73. The molecule has 0 bridgehead atoms. The molecule has 0 unspecified atom stereocenters. The fourth-order valence-electron chi connectivity index (χ4n) is 4.99. The number of rotatable bonds is 4. The Morgan fingerprint density at radius 3 is 2.59 bits per heavy atom. The van der Waals surface area contributed by atoms with Gasteiger partial charge in [0.05, 0.1) is 13.8 Å². The first-order chi connectivity index (χ1) is 14.0. The van der Waals surface area contributed by atoms with Gasteiger partial charge in [0.25, 0.3) is 5.91 Å². The van der Waals surface area contributed by atoms with E-state index >= 15 is 0 Å². The standard InChI is InChI=1S/C22H32N4O3/c1-17-6-3-4-11-22(17)20(27)26(21(28)23-22)16-24-12-5-13-25(15-14-24)18-7-9-19(29-2)10-8-18/h7-10,17H,3-6,11-16H2,1-2H3,(H,23,28)/t17-,22-/m0/s1. The molecule has 29 heavy (non-hydrogen) atoms. The molecule has 4 rings (SSSR count). The molecule has 1 spiro atoms. The fraction of sp³-hybridized carbons (Fsp3) is 0.636. The Morgan fingerprint density at radius 2 is 1.86 bits per heavy atom. The number of amides is 3. The number of methoxy groups -OCH3 is 1. The first kappa shape index (κ1) is 20.0. The molecule has 1 aromatic carbocycles. The van der Waals surface area contributed by atoms with E-state index in [1.165, 1.54) is 10.6 Å². The molecule has 1 aromatic rings. The smallest absolute Gasteiger partial charge is 0.326 e. The second-order valence-electron chi connectivity index (χ2n) is 8.58. The molecular weight excluding hydrogens is 368 g/mol. The van der Waals surface area contributed by atoms with Gasteiger partial charge in [0, 0.05) is 31.9 Å². The van der Waals surface area contributed by atoms with Gasteiger partial charge in [-0.1, -0.05) is 19.8 Å². The largest absolute Gasteiger partial charge is 0.497 e. The van der Waals surface area contributed by atoms with Crippen molar-refractivity contribution in [3.63, 3.8) is 0 Å². The minimum atomic E-state index is -0.670.